The number of hydrogen-bond donors (Lipinski definition) is 1. The molecule has 0 aliphatic carbocycles. The molecule has 4 nitrogen and oxygen atoms in total. The van der Waals surface area contributed by atoms with Gasteiger partial charge in [0.15, 0.2) is 0 Å². The van der Waals surface area contributed by atoms with E-state index in [0.717, 1.165) is 12.2 Å². The molecule has 6 heteroatoms. The van der Waals surface area contributed by atoms with Crippen LogP contribution in [0.2, 0.25) is 5.02 Å². The number of nitrogens with zero attached hydrogens (tertiary/aromatic N) is 2. The summed E-state index contributed by atoms with van der Waals surface area (Å²) in [6.07, 6.45) is 3.16. The Hall–Kier alpha value is -1.72. The summed E-state index contributed by atoms with van der Waals surface area (Å²) in [4.78, 5) is 8.41. The van der Waals surface area contributed by atoms with Gasteiger partial charge >= 0.3 is 0 Å². The van der Waals surface area contributed by atoms with Crippen molar-refractivity contribution in [1.29, 1.82) is 0 Å². The average Bonchev–Trinajstić information content (AvgIpc) is 2.43. The van der Waals surface area contributed by atoms with Crippen LogP contribution in [0.25, 0.3) is 0 Å². The molecule has 0 saturated heterocycles. The molecule has 2 rings (SSSR count). The average molecular weight is 310 g/mol. The van der Waals surface area contributed by atoms with Crippen LogP contribution in [0.1, 0.15) is 19.5 Å². The molecule has 0 saturated carbocycles. The first-order chi connectivity index (χ1) is 10.0. The maximum atomic E-state index is 12.9. The second-order valence-electron chi connectivity index (χ2n) is 5.05. The Bertz CT molecular complexity index is 590. The van der Waals surface area contributed by atoms with E-state index in [1.807, 2.05) is 0 Å². The third-order valence-corrected chi connectivity index (χ3v) is 2.94. The van der Waals surface area contributed by atoms with Gasteiger partial charge in [-0.05, 0) is 30.7 Å². The molecule has 0 amide bonds. The van der Waals surface area contributed by atoms with Gasteiger partial charge in [0.1, 0.15) is 11.6 Å². The molecule has 1 N–H and O–H groups in total. The van der Waals surface area contributed by atoms with Crippen LogP contribution in [0.3, 0.4) is 0 Å². The fourth-order valence-electron chi connectivity index (χ4n) is 1.65. The Balaban J connectivity index is 1.95. The molecule has 1 heterocycles. The summed E-state index contributed by atoms with van der Waals surface area (Å²) < 4.78 is 18.4. The van der Waals surface area contributed by atoms with E-state index in [9.17, 15) is 4.39 Å². The van der Waals surface area contributed by atoms with E-state index in [4.69, 9.17) is 16.3 Å². The number of hydrogen-bond acceptors (Lipinski definition) is 4. The van der Waals surface area contributed by atoms with Crippen molar-refractivity contribution in [2.75, 3.05) is 6.54 Å². The molecule has 1 aromatic carbocycles. The fourth-order valence-corrected chi connectivity index (χ4v) is 1.85. The maximum Gasteiger partial charge on any atom is 0.237 e. The van der Waals surface area contributed by atoms with Crippen LogP contribution < -0.4 is 10.1 Å². The van der Waals surface area contributed by atoms with Gasteiger partial charge in [0, 0.05) is 6.54 Å². The van der Waals surface area contributed by atoms with Crippen molar-refractivity contribution >= 4 is 11.6 Å². The maximum absolute atomic E-state index is 12.9. The van der Waals surface area contributed by atoms with Crippen molar-refractivity contribution in [2.24, 2.45) is 5.92 Å². The van der Waals surface area contributed by atoms with E-state index in [1.54, 1.807) is 6.20 Å². The van der Waals surface area contributed by atoms with E-state index < -0.39 is 5.82 Å². The summed E-state index contributed by atoms with van der Waals surface area (Å²) in [5.41, 5.74) is 0.827. The first-order valence-corrected chi connectivity index (χ1v) is 7.07. The van der Waals surface area contributed by atoms with Crippen LogP contribution in [0.5, 0.6) is 11.6 Å². The quantitative estimate of drug-likeness (QED) is 0.881. The lowest BCUT2D eigenvalue weighted by Gasteiger charge is -2.08. The Labute approximate surface area is 128 Å². The van der Waals surface area contributed by atoms with E-state index in [0.29, 0.717) is 24.1 Å². The molecule has 0 atom stereocenters. The third-order valence-electron chi connectivity index (χ3n) is 2.65. The van der Waals surface area contributed by atoms with Gasteiger partial charge in [-0.2, -0.15) is 0 Å². The number of rotatable bonds is 6. The molecule has 0 bridgehead atoms. The van der Waals surface area contributed by atoms with Gasteiger partial charge in [0.05, 0.1) is 23.1 Å². The van der Waals surface area contributed by atoms with Crippen molar-refractivity contribution in [1.82, 2.24) is 15.3 Å². The van der Waals surface area contributed by atoms with Crippen LogP contribution in [-0.4, -0.2) is 16.5 Å². The Morgan fingerprint density at radius 3 is 2.71 bits per heavy atom. The molecular formula is C15H17ClFN3O. The second-order valence-corrected chi connectivity index (χ2v) is 5.45. The molecule has 2 aromatic rings. The van der Waals surface area contributed by atoms with E-state index in [2.05, 4.69) is 29.1 Å². The summed E-state index contributed by atoms with van der Waals surface area (Å²) in [5.74, 6) is 0.834. The first-order valence-electron chi connectivity index (χ1n) is 6.69. The van der Waals surface area contributed by atoms with Crippen molar-refractivity contribution in [3.8, 4) is 11.6 Å². The van der Waals surface area contributed by atoms with Crippen molar-refractivity contribution < 1.29 is 9.13 Å². The van der Waals surface area contributed by atoms with Gasteiger partial charge in [-0.25, -0.2) is 9.37 Å². The molecule has 0 aliphatic heterocycles. The van der Waals surface area contributed by atoms with Crippen LogP contribution in [0.4, 0.5) is 4.39 Å². The van der Waals surface area contributed by atoms with Gasteiger partial charge in [-0.1, -0.05) is 25.4 Å². The van der Waals surface area contributed by atoms with E-state index in [1.165, 1.54) is 24.4 Å². The molecule has 1 aromatic heterocycles. The minimum atomic E-state index is -0.412. The third kappa shape index (κ3) is 4.95. The lowest BCUT2D eigenvalue weighted by Crippen LogP contribution is -2.19. The van der Waals surface area contributed by atoms with Crippen LogP contribution in [0.15, 0.2) is 30.6 Å². The lowest BCUT2D eigenvalue weighted by molar-refractivity contribution is 0.457. The molecule has 0 aliphatic rings. The largest absolute Gasteiger partial charge is 0.436 e. The number of benzene rings is 1. The Morgan fingerprint density at radius 2 is 2.10 bits per heavy atom. The summed E-state index contributed by atoms with van der Waals surface area (Å²) in [6.45, 7) is 5.86. The number of ether oxygens (including phenoxy) is 1. The minimum absolute atomic E-state index is 0.194. The molecule has 21 heavy (non-hydrogen) atoms. The zero-order valence-electron chi connectivity index (χ0n) is 11.9. The standard InChI is InChI=1S/C15H17ClFN3O/c1-10(2)6-18-7-12-8-20-15(9-19-12)21-14-4-3-11(17)5-13(14)16/h3-5,8-10,18H,6-7H2,1-2H3. The van der Waals surface area contributed by atoms with Gasteiger partial charge in [-0.15, -0.1) is 0 Å². The summed E-state index contributed by atoms with van der Waals surface area (Å²) in [7, 11) is 0. The summed E-state index contributed by atoms with van der Waals surface area (Å²) in [6, 6.07) is 3.92. The van der Waals surface area contributed by atoms with Gasteiger partial charge in [0.25, 0.3) is 0 Å². The summed E-state index contributed by atoms with van der Waals surface area (Å²) >= 11 is 5.89. The van der Waals surface area contributed by atoms with Crippen molar-refractivity contribution in [3.63, 3.8) is 0 Å². The number of halogens is 2. The monoisotopic (exact) mass is 309 g/mol. The normalized spacial score (nSPS) is 10.9. The molecule has 0 radical (unpaired) electrons. The smallest absolute Gasteiger partial charge is 0.237 e. The zero-order chi connectivity index (χ0) is 15.2. The SMILES string of the molecule is CC(C)CNCc1cnc(Oc2ccc(F)cc2Cl)cn1. The predicted molar refractivity (Wildman–Crippen MR) is 80.1 cm³/mol. The molecule has 0 spiro atoms. The number of aromatic nitrogens is 2. The summed E-state index contributed by atoms with van der Waals surface area (Å²) in [5, 5.41) is 3.47. The van der Waals surface area contributed by atoms with Gasteiger partial charge < -0.3 is 10.1 Å². The highest BCUT2D eigenvalue weighted by molar-refractivity contribution is 6.32. The lowest BCUT2D eigenvalue weighted by atomic mass is 10.2. The number of nitrogens with one attached hydrogen (secondary N) is 1. The highest BCUT2D eigenvalue weighted by Crippen LogP contribution is 2.28. The van der Waals surface area contributed by atoms with E-state index in [-0.39, 0.29) is 5.02 Å². The van der Waals surface area contributed by atoms with E-state index >= 15 is 0 Å². The molecular weight excluding hydrogens is 293 g/mol. The topological polar surface area (TPSA) is 47.0 Å². The van der Waals surface area contributed by atoms with Crippen molar-refractivity contribution in [3.05, 3.63) is 47.1 Å². The predicted octanol–water partition coefficient (Wildman–Crippen LogP) is 3.81. The molecule has 112 valence electrons. The van der Waals surface area contributed by atoms with Gasteiger partial charge in [0.2, 0.25) is 5.88 Å². The van der Waals surface area contributed by atoms with Crippen LogP contribution in [-0.2, 0) is 6.54 Å². The molecule has 0 unspecified atom stereocenters. The second kappa shape index (κ2) is 7.33. The highest BCUT2D eigenvalue weighted by Gasteiger charge is 2.06. The van der Waals surface area contributed by atoms with Crippen molar-refractivity contribution in [2.45, 2.75) is 20.4 Å². The fraction of sp³-hybridized carbons (Fsp3) is 0.333. The molecule has 0 fully saturated rings. The van der Waals surface area contributed by atoms with Crippen LogP contribution in [0, 0.1) is 11.7 Å². The minimum Gasteiger partial charge on any atom is -0.436 e. The zero-order valence-corrected chi connectivity index (χ0v) is 12.7. The van der Waals surface area contributed by atoms with Crippen LogP contribution >= 0.6 is 11.6 Å². The highest BCUT2D eigenvalue weighted by atomic mass is 35.5. The van der Waals surface area contributed by atoms with Gasteiger partial charge in [-0.3, -0.25) is 4.98 Å². The first kappa shape index (κ1) is 15.7. The Kier molecular flexibility index (Phi) is 5.47. The Morgan fingerprint density at radius 1 is 1.29 bits per heavy atom.